The summed E-state index contributed by atoms with van der Waals surface area (Å²) in [6, 6.07) is 9.81. The van der Waals surface area contributed by atoms with Crippen LogP contribution in [-0.4, -0.2) is 65.9 Å². The van der Waals surface area contributed by atoms with E-state index < -0.39 is 6.04 Å². The zero-order valence-electron chi connectivity index (χ0n) is 15.4. The fourth-order valence-corrected chi connectivity index (χ4v) is 4.40. The first-order chi connectivity index (χ1) is 13.1. The van der Waals surface area contributed by atoms with Crippen LogP contribution in [0, 0.1) is 5.92 Å². The lowest BCUT2D eigenvalue weighted by molar-refractivity contribution is -0.143. The van der Waals surface area contributed by atoms with E-state index in [9.17, 15) is 14.4 Å². The van der Waals surface area contributed by atoms with E-state index in [-0.39, 0.29) is 30.4 Å². The Kier molecular flexibility index (Phi) is 5.01. The lowest BCUT2D eigenvalue weighted by Crippen LogP contribution is -2.55. The van der Waals surface area contributed by atoms with E-state index in [1.807, 2.05) is 11.0 Å². The topological polar surface area (TPSA) is 81.8 Å². The van der Waals surface area contributed by atoms with Gasteiger partial charge in [0.1, 0.15) is 6.04 Å². The summed E-state index contributed by atoms with van der Waals surface area (Å²) >= 11 is 0. The minimum Gasteiger partial charge on any atom is -0.345 e. The van der Waals surface area contributed by atoms with E-state index in [0.717, 1.165) is 32.4 Å². The van der Waals surface area contributed by atoms with E-state index in [1.165, 1.54) is 5.56 Å². The average Bonchev–Trinajstić information content (AvgIpc) is 3.11. The molecular formula is C20H26N4O3. The normalized spacial score (nSPS) is 25.9. The lowest BCUT2D eigenvalue weighted by Gasteiger charge is -2.33. The highest BCUT2D eigenvalue weighted by molar-refractivity contribution is 5.95. The molecule has 27 heavy (non-hydrogen) atoms. The van der Waals surface area contributed by atoms with Gasteiger partial charge in [-0.05, 0) is 37.2 Å². The number of likely N-dealkylation sites (tertiary alicyclic amines) is 1. The molecule has 2 N–H and O–H groups in total. The molecule has 2 atom stereocenters. The summed E-state index contributed by atoms with van der Waals surface area (Å²) in [6.45, 7) is 1.99. The van der Waals surface area contributed by atoms with Gasteiger partial charge in [0.2, 0.25) is 11.8 Å². The number of nitrogens with zero attached hydrogens (tertiary/aromatic N) is 2. The van der Waals surface area contributed by atoms with E-state index in [2.05, 4.69) is 34.9 Å². The highest BCUT2D eigenvalue weighted by atomic mass is 16.2. The van der Waals surface area contributed by atoms with Crippen LogP contribution in [0.4, 0.5) is 4.79 Å². The first-order valence-electron chi connectivity index (χ1n) is 9.76. The number of amides is 4. The molecule has 0 spiro atoms. The maximum Gasteiger partial charge on any atom is 0.317 e. The van der Waals surface area contributed by atoms with Gasteiger partial charge < -0.3 is 20.4 Å². The Hall–Kier alpha value is -2.57. The van der Waals surface area contributed by atoms with Crippen molar-refractivity contribution in [2.24, 2.45) is 5.92 Å². The molecule has 0 radical (unpaired) electrons. The number of piperidine rings is 1. The molecule has 1 aromatic rings. The molecule has 7 heteroatoms. The number of hydrogen-bond donors (Lipinski definition) is 2. The SMILES string of the molecule is O=C1NCC(=O)N2C[C@H](NC(=O)N3CCC(Cc4ccccc4)CC3)C[C@@H]12. The second-order valence-electron chi connectivity index (χ2n) is 7.78. The number of rotatable bonds is 3. The second-order valence-corrected chi connectivity index (χ2v) is 7.78. The summed E-state index contributed by atoms with van der Waals surface area (Å²) in [6.07, 6.45) is 3.56. The van der Waals surface area contributed by atoms with E-state index >= 15 is 0 Å². The van der Waals surface area contributed by atoms with Crippen molar-refractivity contribution in [3.63, 3.8) is 0 Å². The number of nitrogens with one attached hydrogen (secondary N) is 2. The molecule has 4 rings (SSSR count). The van der Waals surface area contributed by atoms with Gasteiger partial charge in [0.05, 0.1) is 12.6 Å². The van der Waals surface area contributed by atoms with E-state index in [0.29, 0.717) is 18.9 Å². The minimum absolute atomic E-state index is 0.0604. The Labute approximate surface area is 159 Å². The van der Waals surface area contributed by atoms with Crippen LogP contribution in [0.15, 0.2) is 30.3 Å². The molecule has 3 saturated heterocycles. The van der Waals surface area contributed by atoms with Crippen molar-refractivity contribution >= 4 is 17.8 Å². The standard InChI is InChI=1S/C20H26N4O3/c25-18-12-21-19(26)17-11-16(13-24(17)18)22-20(27)23-8-6-15(7-9-23)10-14-4-2-1-3-5-14/h1-5,15-17H,6-13H2,(H,21,26)(H,22,27)/t16-,17+/m1/s1. The van der Waals surface area contributed by atoms with Crippen molar-refractivity contribution in [3.05, 3.63) is 35.9 Å². The zero-order chi connectivity index (χ0) is 18.8. The molecule has 3 heterocycles. The first kappa shape index (κ1) is 17.8. The first-order valence-corrected chi connectivity index (χ1v) is 9.76. The van der Waals surface area contributed by atoms with Crippen molar-refractivity contribution in [2.75, 3.05) is 26.2 Å². The predicted molar refractivity (Wildman–Crippen MR) is 99.9 cm³/mol. The summed E-state index contributed by atoms with van der Waals surface area (Å²) < 4.78 is 0. The molecule has 0 bridgehead atoms. The molecule has 1 aromatic carbocycles. The van der Waals surface area contributed by atoms with Crippen molar-refractivity contribution in [1.29, 1.82) is 0 Å². The van der Waals surface area contributed by atoms with Gasteiger partial charge in [0.15, 0.2) is 0 Å². The number of urea groups is 1. The minimum atomic E-state index is -0.437. The molecule has 0 aromatic heterocycles. The van der Waals surface area contributed by atoms with Crippen LogP contribution in [0.2, 0.25) is 0 Å². The zero-order valence-corrected chi connectivity index (χ0v) is 15.4. The summed E-state index contributed by atoms with van der Waals surface area (Å²) in [5, 5.41) is 5.64. The Bertz CT molecular complexity index is 691. The molecule has 3 aliphatic heterocycles. The molecule has 3 fully saturated rings. The van der Waals surface area contributed by atoms with Gasteiger partial charge in [0, 0.05) is 19.6 Å². The highest BCUT2D eigenvalue weighted by Crippen LogP contribution is 2.23. The average molecular weight is 370 g/mol. The van der Waals surface area contributed by atoms with Crippen molar-refractivity contribution in [2.45, 2.75) is 37.8 Å². The van der Waals surface area contributed by atoms with Crippen LogP contribution in [0.25, 0.3) is 0 Å². The number of piperazine rings is 1. The molecule has 4 amide bonds. The number of benzene rings is 1. The predicted octanol–water partition coefficient (Wildman–Crippen LogP) is 0.750. The number of fused-ring (bicyclic) bond motifs is 1. The summed E-state index contributed by atoms with van der Waals surface area (Å²) in [7, 11) is 0. The number of carbonyl (C=O) groups excluding carboxylic acids is 3. The van der Waals surface area contributed by atoms with Gasteiger partial charge in [-0.2, -0.15) is 0 Å². The Morgan fingerprint density at radius 1 is 1.15 bits per heavy atom. The monoisotopic (exact) mass is 370 g/mol. The summed E-state index contributed by atoms with van der Waals surface area (Å²) in [5.74, 6) is 0.421. The summed E-state index contributed by atoms with van der Waals surface area (Å²) in [4.78, 5) is 39.9. The van der Waals surface area contributed by atoms with Crippen LogP contribution < -0.4 is 10.6 Å². The molecule has 0 saturated carbocycles. The molecule has 3 aliphatic rings. The van der Waals surface area contributed by atoms with Gasteiger partial charge >= 0.3 is 6.03 Å². The third kappa shape index (κ3) is 3.91. The van der Waals surface area contributed by atoms with Crippen molar-refractivity contribution in [3.8, 4) is 0 Å². The Morgan fingerprint density at radius 2 is 1.89 bits per heavy atom. The van der Waals surface area contributed by atoms with Crippen LogP contribution in [0.5, 0.6) is 0 Å². The van der Waals surface area contributed by atoms with Crippen molar-refractivity contribution in [1.82, 2.24) is 20.4 Å². The molecular weight excluding hydrogens is 344 g/mol. The largest absolute Gasteiger partial charge is 0.345 e. The molecule has 0 unspecified atom stereocenters. The number of carbonyl (C=O) groups is 3. The lowest BCUT2D eigenvalue weighted by atomic mass is 9.90. The van der Waals surface area contributed by atoms with E-state index in [4.69, 9.17) is 0 Å². The second kappa shape index (κ2) is 7.58. The fourth-order valence-electron chi connectivity index (χ4n) is 4.40. The van der Waals surface area contributed by atoms with Crippen LogP contribution in [0.3, 0.4) is 0 Å². The van der Waals surface area contributed by atoms with Gasteiger partial charge in [-0.3, -0.25) is 9.59 Å². The van der Waals surface area contributed by atoms with Gasteiger partial charge in [-0.15, -0.1) is 0 Å². The maximum atomic E-state index is 12.6. The van der Waals surface area contributed by atoms with Crippen molar-refractivity contribution < 1.29 is 14.4 Å². The van der Waals surface area contributed by atoms with Gasteiger partial charge in [0.25, 0.3) is 0 Å². The summed E-state index contributed by atoms with van der Waals surface area (Å²) in [5.41, 5.74) is 1.35. The Morgan fingerprint density at radius 3 is 2.59 bits per heavy atom. The third-order valence-electron chi connectivity index (χ3n) is 5.93. The van der Waals surface area contributed by atoms with Crippen LogP contribution in [0.1, 0.15) is 24.8 Å². The third-order valence-corrected chi connectivity index (χ3v) is 5.93. The van der Waals surface area contributed by atoms with Crippen LogP contribution >= 0.6 is 0 Å². The molecule has 0 aliphatic carbocycles. The maximum absolute atomic E-state index is 12.6. The Balaban J connectivity index is 1.25. The van der Waals surface area contributed by atoms with Gasteiger partial charge in [-0.1, -0.05) is 30.3 Å². The molecule has 7 nitrogen and oxygen atoms in total. The quantitative estimate of drug-likeness (QED) is 0.824. The number of hydrogen-bond acceptors (Lipinski definition) is 3. The van der Waals surface area contributed by atoms with Crippen LogP contribution in [-0.2, 0) is 16.0 Å². The van der Waals surface area contributed by atoms with E-state index in [1.54, 1.807) is 4.90 Å². The fraction of sp³-hybridized carbons (Fsp3) is 0.550. The molecule has 144 valence electrons. The smallest absolute Gasteiger partial charge is 0.317 e. The van der Waals surface area contributed by atoms with Gasteiger partial charge in [-0.25, -0.2) is 4.79 Å². The highest BCUT2D eigenvalue weighted by Gasteiger charge is 2.43.